The molecule has 2 aliphatic rings. The van der Waals surface area contributed by atoms with Crippen molar-refractivity contribution in [3.05, 3.63) is 199 Å². The Balaban J connectivity index is 0.000000226. The summed E-state index contributed by atoms with van der Waals surface area (Å²) in [6, 6.07) is 40.5. The van der Waals surface area contributed by atoms with E-state index in [0.717, 1.165) is 24.3 Å². The number of nitro benzene ring substituents is 1. The molecular formula is C50H48N4O3Ru. The molecule has 1 aliphatic carbocycles. The number of aliphatic imine (C=N–C) groups is 1. The van der Waals surface area contributed by atoms with Gasteiger partial charge < -0.3 is 5.11 Å². The number of allylic oxidation sites excluding steroid dienone is 1. The van der Waals surface area contributed by atoms with E-state index in [-0.39, 0.29) is 27.7 Å². The minimum Gasteiger partial charge on any atom is -0.507 e. The molecule has 1 fully saturated rings. The Morgan fingerprint density at radius 3 is 1.74 bits per heavy atom. The second-order valence-corrected chi connectivity index (χ2v) is 17.2. The zero-order chi connectivity index (χ0) is 41.1. The second-order valence-electron chi connectivity index (χ2n) is 15.0. The standard InChI is InChI=1S/C21H26N2.C15H10.C14H12N2O3.Ru/c1-14-9-16(3)20(17(4)10-14)22-7-8-23(13-22)21-18(5)11-15(2)12-19(21)6;1-2-6-12(7-3-1)15-11-10-13-8-4-5-9-14(13)15;1-10-2-4-12(5-3-10)15-9-11-8-13(16(18)19)6-7-14(11)17;/h9-12H,7-8H2,1-6H3;1-9,11H;2-9,17H,1H3;. The third kappa shape index (κ3) is 8.58. The van der Waals surface area contributed by atoms with Crippen LogP contribution in [-0.2, 0) is 16.2 Å². The van der Waals surface area contributed by atoms with Gasteiger partial charge in [0.2, 0.25) is 0 Å². The quantitative estimate of drug-likeness (QED) is 0.0781. The number of rotatable bonds is 6. The van der Waals surface area contributed by atoms with Crippen molar-refractivity contribution in [1.29, 1.82) is 0 Å². The molecule has 0 saturated carbocycles. The van der Waals surface area contributed by atoms with Gasteiger partial charge >= 0.3 is 241 Å². The van der Waals surface area contributed by atoms with E-state index < -0.39 is 4.92 Å². The molecule has 0 spiro atoms. The van der Waals surface area contributed by atoms with E-state index in [1.165, 1.54) is 99.9 Å². The first kappa shape index (κ1) is 40.1. The first-order chi connectivity index (χ1) is 27.9. The molecule has 1 heterocycles. The summed E-state index contributed by atoms with van der Waals surface area (Å²) < 4.78 is 2.94. The number of phenolic OH excluding ortho intramolecular Hbond substituents is 1. The molecule has 58 heavy (non-hydrogen) atoms. The Labute approximate surface area is 348 Å². The number of non-ortho nitro benzene ring substituents is 1. The maximum atomic E-state index is 10.7. The summed E-state index contributed by atoms with van der Waals surface area (Å²) in [7, 11) is 0. The van der Waals surface area contributed by atoms with Crippen molar-refractivity contribution in [3.8, 4) is 5.75 Å². The Bertz CT molecular complexity index is 2560. The minimum absolute atomic E-state index is 0.0403. The van der Waals surface area contributed by atoms with Gasteiger partial charge in [0.25, 0.3) is 5.69 Å². The largest absolute Gasteiger partial charge is 0.507 e. The first-order valence-electron chi connectivity index (χ1n) is 19.4. The van der Waals surface area contributed by atoms with Crippen LogP contribution in [0.1, 0.15) is 61.2 Å². The van der Waals surface area contributed by atoms with Gasteiger partial charge in [-0.25, -0.2) is 0 Å². The Kier molecular flexibility index (Phi) is 11.9. The van der Waals surface area contributed by atoms with Crippen LogP contribution >= 0.6 is 0 Å². The molecule has 0 amide bonds. The van der Waals surface area contributed by atoms with Crippen molar-refractivity contribution in [2.45, 2.75) is 48.5 Å². The van der Waals surface area contributed by atoms with Crippen LogP contribution in [0.2, 0.25) is 0 Å². The van der Waals surface area contributed by atoms with E-state index in [9.17, 15) is 15.2 Å². The van der Waals surface area contributed by atoms with E-state index in [1.54, 1.807) is 0 Å². The van der Waals surface area contributed by atoms with Gasteiger partial charge in [-0.1, -0.05) is 17.7 Å². The van der Waals surface area contributed by atoms with Crippen LogP contribution < -0.4 is 9.80 Å². The molecule has 7 nitrogen and oxygen atoms in total. The number of nitrogens with zero attached hydrogens (tertiary/aromatic N) is 4. The van der Waals surface area contributed by atoms with Gasteiger partial charge in [0.15, 0.2) is 0 Å². The molecule has 294 valence electrons. The van der Waals surface area contributed by atoms with Crippen molar-refractivity contribution >= 4 is 43.0 Å². The smallest absolute Gasteiger partial charge is 0.270 e. The number of hydrogen-bond donors (Lipinski definition) is 1. The molecule has 0 unspecified atom stereocenters. The number of nitro groups is 1. The fraction of sp³-hybridized carbons (Fsp3) is 0.180. The van der Waals surface area contributed by atoms with Crippen LogP contribution in [0, 0.1) is 58.6 Å². The minimum atomic E-state index is -0.511. The van der Waals surface area contributed by atoms with E-state index >= 15 is 0 Å². The summed E-state index contributed by atoms with van der Waals surface area (Å²) in [6.45, 7) is 17.5. The summed E-state index contributed by atoms with van der Waals surface area (Å²) in [5.41, 5.74) is 18.3. The number of anilines is 2. The Morgan fingerprint density at radius 1 is 0.655 bits per heavy atom. The van der Waals surface area contributed by atoms with E-state index in [1.807, 2.05) is 31.2 Å². The molecular weight excluding hydrogens is 806 g/mol. The van der Waals surface area contributed by atoms with Crippen LogP contribution in [0.15, 0.2) is 132 Å². The number of aryl methyl sites for hydroxylation is 7. The van der Waals surface area contributed by atoms with Gasteiger partial charge in [-0.05, 0) is 25.1 Å². The fourth-order valence-corrected chi connectivity index (χ4v) is 10.6. The van der Waals surface area contributed by atoms with Crippen molar-refractivity contribution in [3.63, 3.8) is 0 Å². The van der Waals surface area contributed by atoms with Crippen molar-refractivity contribution in [2.75, 3.05) is 22.9 Å². The molecule has 0 atom stereocenters. The SMILES string of the molecule is Cc1cc(C)c(N2CCN(c3c(C)cc(C)cc3C)[C]2=[Ru]=[C]2C=C(c3ccccc3)c3ccccc32)c(C)c1.Cc1ccc(N=Cc2cc([N+](=O)[O-])ccc2O)cc1. The normalized spacial score (nSPS) is 13.5. The molecule has 0 aromatic heterocycles. The molecule has 0 radical (unpaired) electrons. The predicted octanol–water partition coefficient (Wildman–Crippen LogP) is 11.1. The van der Waals surface area contributed by atoms with E-state index in [4.69, 9.17) is 0 Å². The van der Waals surface area contributed by atoms with Gasteiger partial charge in [0.1, 0.15) is 5.75 Å². The zero-order valence-electron chi connectivity index (χ0n) is 34.0. The molecule has 1 aliphatic heterocycles. The molecule has 0 bridgehead atoms. The third-order valence-corrected chi connectivity index (χ3v) is 12.9. The summed E-state index contributed by atoms with van der Waals surface area (Å²) in [6.07, 6.45) is 3.89. The van der Waals surface area contributed by atoms with E-state index in [0.29, 0.717) is 5.56 Å². The van der Waals surface area contributed by atoms with Crippen LogP contribution in [0.4, 0.5) is 22.7 Å². The fourth-order valence-electron chi connectivity index (χ4n) is 7.97. The number of aromatic hydroxyl groups is 1. The van der Waals surface area contributed by atoms with Gasteiger partial charge in [-0.3, -0.25) is 15.1 Å². The van der Waals surface area contributed by atoms with Crippen LogP contribution in [0.3, 0.4) is 0 Å². The average molecular weight is 854 g/mol. The van der Waals surface area contributed by atoms with Crippen molar-refractivity contribution in [1.82, 2.24) is 0 Å². The molecule has 8 heteroatoms. The predicted molar refractivity (Wildman–Crippen MR) is 238 cm³/mol. The molecule has 1 saturated heterocycles. The van der Waals surface area contributed by atoms with Gasteiger partial charge in [0, 0.05) is 23.9 Å². The summed E-state index contributed by atoms with van der Waals surface area (Å²) >= 11 is -0.233. The van der Waals surface area contributed by atoms with E-state index in [2.05, 4.69) is 141 Å². The number of phenols is 1. The first-order valence-corrected chi connectivity index (χ1v) is 21.1. The molecule has 6 aromatic rings. The summed E-state index contributed by atoms with van der Waals surface area (Å²) in [4.78, 5) is 19.6. The Morgan fingerprint density at radius 2 is 1.19 bits per heavy atom. The van der Waals surface area contributed by atoms with Crippen LogP contribution in [0.25, 0.3) is 5.57 Å². The molecule has 8 rings (SSSR count). The number of fused-ring (bicyclic) bond motifs is 1. The van der Waals surface area contributed by atoms with Crippen molar-refractivity contribution < 1.29 is 26.3 Å². The zero-order valence-corrected chi connectivity index (χ0v) is 35.8. The van der Waals surface area contributed by atoms with Gasteiger partial charge in [0.05, 0.1) is 10.6 Å². The maximum absolute atomic E-state index is 10.7. The van der Waals surface area contributed by atoms with Gasteiger partial charge in [-0.15, -0.1) is 0 Å². The Hall–Kier alpha value is -6.11. The summed E-state index contributed by atoms with van der Waals surface area (Å²) in [5.74, 6) is -0.0403. The van der Waals surface area contributed by atoms with Crippen LogP contribution in [-0.4, -0.2) is 37.8 Å². The second kappa shape index (κ2) is 17.2. The maximum Gasteiger partial charge on any atom is 0.270 e. The monoisotopic (exact) mass is 854 g/mol. The molecule has 1 N–H and O–H groups in total. The average Bonchev–Trinajstić information content (AvgIpc) is 3.76. The topological polar surface area (TPSA) is 82.2 Å². The number of benzene rings is 6. The third-order valence-electron chi connectivity index (χ3n) is 10.4. The molecule has 6 aromatic carbocycles. The van der Waals surface area contributed by atoms with Crippen molar-refractivity contribution in [2.24, 2.45) is 4.99 Å². The summed E-state index contributed by atoms with van der Waals surface area (Å²) in [5, 5.41) is 20.3. The van der Waals surface area contributed by atoms with Gasteiger partial charge in [-0.2, -0.15) is 0 Å². The number of hydrogen-bond acceptors (Lipinski definition) is 6. The van der Waals surface area contributed by atoms with Crippen LogP contribution in [0.5, 0.6) is 5.75 Å².